The third kappa shape index (κ3) is 1.93. The number of nitrogens with zero attached hydrogens (tertiary/aromatic N) is 2. The van der Waals surface area contributed by atoms with Gasteiger partial charge >= 0.3 is 0 Å². The Hall–Kier alpha value is -2.16. The smallest absolute Gasteiger partial charge is 0.189 e. The number of Topliss-reactive ketones (excluding diaryl/α,β-unsaturated/α-hetero) is 1. The molecule has 80 valence electrons. The van der Waals surface area contributed by atoms with E-state index in [-0.39, 0.29) is 11.8 Å². The summed E-state index contributed by atoms with van der Waals surface area (Å²) in [5, 5.41) is 0. The summed E-state index contributed by atoms with van der Waals surface area (Å²) in [7, 11) is 0. The Bertz CT molecular complexity index is 474. The van der Waals surface area contributed by atoms with Gasteiger partial charge < -0.3 is 4.57 Å². The van der Waals surface area contributed by atoms with E-state index in [0.717, 1.165) is 0 Å². The molecule has 1 heterocycles. The van der Waals surface area contributed by atoms with E-state index in [1.54, 1.807) is 41.5 Å². The van der Waals surface area contributed by atoms with Crippen LogP contribution in [0.2, 0.25) is 0 Å². The fourth-order valence-corrected chi connectivity index (χ4v) is 1.57. The van der Waals surface area contributed by atoms with E-state index in [9.17, 15) is 4.79 Å². The highest BCUT2D eigenvalue weighted by Gasteiger charge is 2.17. The van der Waals surface area contributed by atoms with Crippen molar-refractivity contribution in [1.29, 1.82) is 0 Å². The van der Waals surface area contributed by atoms with E-state index < -0.39 is 0 Å². The van der Waals surface area contributed by atoms with Crippen molar-refractivity contribution in [3.63, 3.8) is 0 Å². The van der Waals surface area contributed by atoms with E-state index in [1.165, 1.54) is 0 Å². The average Bonchev–Trinajstić information content (AvgIpc) is 2.85. The first-order chi connectivity index (χ1) is 7.83. The van der Waals surface area contributed by atoms with Crippen LogP contribution in [0.15, 0.2) is 61.7 Å². The number of carbonyl (C=O) groups excluding carboxylic acids is 1. The van der Waals surface area contributed by atoms with Crippen LogP contribution in [0.5, 0.6) is 0 Å². The zero-order chi connectivity index (χ0) is 11.4. The average molecular weight is 212 g/mol. The van der Waals surface area contributed by atoms with Gasteiger partial charge in [0.1, 0.15) is 6.04 Å². The summed E-state index contributed by atoms with van der Waals surface area (Å²) < 4.78 is 1.74. The molecular weight excluding hydrogens is 200 g/mol. The summed E-state index contributed by atoms with van der Waals surface area (Å²) in [6.07, 6.45) is 6.64. The second-order valence-electron chi connectivity index (χ2n) is 3.42. The van der Waals surface area contributed by atoms with Crippen molar-refractivity contribution in [3.8, 4) is 0 Å². The summed E-state index contributed by atoms with van der Waals surface area (Å²) in [5.41, 5.74) is 0.682. The number of aromatic nitrogens is 2. The van der Waals surface area contributed by atoms with Crippen LogP contribution in [-0.4, -0.2) is 15.3 Å². The van der Waals surface area contributed by atoms with Crippen LogP contribution < -0.4 is 0 Å². The molecule has 0 fully saturated rings. The van der Waals surface area contributed by atoms with Crippen molar-refractivity contribution in [3.05, 3.63) is 67.3 Å². The number of imidazole rings is 1. The van der Waals surface area contributed by atoms with Gasteiger partial charge in [-0.25, -0.2) is 4.98 Å². The van der Waals surface area contributed by atoms with Gasteiger partial charge in [-0.2, -0.15) is 0 Å². The molecule has 0 spiro atoms. The molecular formula is C13H12N2O. The fourth-order valence-electron chi connectivity index (χ4n) is 1.57. The molecule has 0 saturated carbocycles. The predicted molar refractivity (Wildman–Crippen MR) is 62.2 cm³/mol. The van der Waals surface area contributed by atoms with Gasteiger partial charge in [0.25, 0.3) is 0 Å². The van der Waals surface area contributed by atoms with E-state index in [0.29, 0.717) is 5.56 Å². The van der Waals surface area contributed by atoms with Crippen molar-refractivity contribution in [2.24, 2.45) is 0 Å². The zero-order valence-corrected chi connectivity index (χ0v) is 8.78. The third-order valence-electron chi connectivity index (χ3n) is 2.40. The first kappa shape index (κ1) is 10.4. The molecule has 0 bridgehead atoms. The Morgan fingerprint density at radius 1 is 1.38 bits per heavy atom. The number of rotatable bonds is 4. The molecule has 2 rings (SSSR count). The van der Waals surface area contributed by atoms with Crippen LogP contribution >= 0.6 is 0 Å². The lowest BCUT2D eigenvalue weighted by atomic mass is 10.0. The zero-order valence-electron chi connectivity index (χ0n) is 8.78. The molecule has 1 aromatic carbocycles. The first-order valence-electron chi connectivity index (χ1n) is 5.02. The standard InChI is InChI=1S/C13H12N2O/c1-2-12(15-9-8-14-10-15)13(16)11-6-4-3-5-7-11/h2-10,12H,1H2. The van der Waals surface area contributed by atoms with Gasteiger partial charge in [-0.05, 0) is 0 Å². The third-order valence-corrected chi connectivity index (χ3v) is 2.40. The maximum Gasteiger partial charge on any atom is 0.189 e. The van der Waals surface area contributed by atoms with Crippen molar-refractivity contribution >= 4 is 5.78 Å². The van der Waals surface area contributed by atoms with Crippen LogP contribution in [0.1, 0.15) is 16.4 Å². The molecule has 3 heteroatoms. The summed E-state index contributed by atoms with van der Waals surface area (Å²) in [4.78, 5) is 16.1. The molecule has 0 aliphatic rings. The Kier molecular flexibility index (Phi) is 2.96. The lowest BCUT2D eigenvalue weighted by Gasteiger charge is -2.12. The molecule has 3 nitrogen and oxygen atoms in total. The highest BCUT2D eigenvalue weighted by Crippen LogP contribution is 2.14. The van der Waals surface area contributed by atoms with Gasteiger partial charge in [-0.3, -0.25) is 4.79 Å². The van der Waals surface area contributed by atoms with Crippen LogP contribution in [0.25, 0.3) is 0 Å². The monoisotopic (exact) mass is 212 g/mol. The number of hydrogen-bond donors (Lipinski definition) is 0. The van der Waals surface area contributed by atoms with E-state index >= 15 is 0 Å². The maximum atomic E-state index is 12.2. The van der Waals surface area contributed by atoms with Crippen molar-refractivity contribution in [1.82, 2.24) is 9.55 Å². The molecule has 2 aromatic rings. The first-order valence-corrected chi connectivity index (χ1v) is 5.02. The van der Waals surface area contributed by atoms with E-state index in [2.05, 4.69) is 11.6 Å². The highest BCUT2D eigenvalue weighted by atomic mass is 16.1. The summed E-state index contributed by atoms with van der Waals surface area (Å²) in [6, 6.07) is 8.80. The molecule has 0 radical (unpaired) electrons. The summed E-state index contributed by atoms with van der Waals surface area (Å²) >= 11 is 0. The molecule has 0 saturated heterocycles. The molecule has 1 atom stereocenters. The van der Waals surface area contributed by atoms with Crippen molar-refractivity contribution in [2.75, 3.05) is 0 Å². The van der Waals surface area contributed by atoms with Crippen LogP contribution in [0.4, 0.5) is 0 Å². The number of benzene rings is 1. The van der Waals surface area contributed by atoms with E-state index in [1.807, 2.05) is 18.2 Å². The molecule has 1 unspecified atom stereocenters. The van der Waals surface area contributed by atoms with Crippen molar-refractivity contribution in [2.45, 2.75) is 6.04 Å². The molecule has 0 N–H and O–H groups in total. The summed E-state index contributed by atoms with van der Waals surface area (Å²) in [6.45, 7) is 3.69. The van der Waals surface area contributed by atoms with Gasteiger partial charge in [0.15, 0.2) is 5.78 Å². The summed E-state index contributed by atoms with van der Waals surface area (Å²) in [5.74, 6) is 0.0219. The van der Waals surface area contributed by atoms with Crippen LogP contribution in [0.3, 0.4) is 0 Å². The lowest BCUT2D eigenvalue weighted by Crippen LogP contribution is -2.16. The molecule has 0 aliphatic carbocycles. The Morgan fingerprint density at radius 3 is 2.69 bits per heavy atom. The number of hydrogen-bond acceptors (Lipinski definition) is 2. The lowest BCUT2D eigenvalue weighted by molar-refractivity contribution is 0.0949. The minimum atomic E-state index is -0.384. The quantitative estimate of drug-likeness (QED) is 0.576. The predicted octanol–water partition coefficient (Wildman–Crippen LogP) is 2.49. The molecule has 0 aliphatic heterocycles. The number of carbonyl (C=O) groups is 1. The van der Waals surface area contributed by atoms with Gasteiger partial charge in [0, 0.05) is 18.0 Å². The maximum absolute atomic E-state index is 12.2. The van der Waals surface area contributed by atoms with Gasteiger partial charge in [0.05, 0.1) is 6.33 Å². The van der Waals surface area contributed by atoms with Crippen molar-refractivity contribution < 1.29 is 4.79 Å². The minimum absolute atomic E-state index is 0.0219. The normalized spacial score (nSPS) is 12.0. The highest BCUT2D eigenvalue weighted by molar-refractivity contribution is 6.00. The fraction of sp³-hybridized carbons (Fsp3) is 0.0769. The van der Waals surface area contributed by atoms with Crippen LogP contribution in [-0.2, 0) is 0 Å². The molecule has 1 aromatic heterocycles. The Morgan fingerprint density at radius 2 is 2.12 bits per heavy atom. The Labute approximate surface area is 94.1 Å². The van der Waals surface area contributed by atoms with Crippen LogP contribution in [0, 0.1) is 0 Å². The second-order valence-corrected chi connectivity index (χ2v) is 3.42. The van der Waals surface area contributed by atoms with E-state index in [4.69, 9.17) is 0 Å². The van der Waals surface area contributed by atoms with Gasteiger partial charge in [-0.1, -0.05) is 36.4 Å². The van der Waals surface area contributed by atoms with Gasteiger partial charge in [0.2, 0.25) is 0 Å². The minimum Gasteiger partial charge on any atom is -0.323 e. The Balaban J connectivity index is 2.30. The van der Waals surface area contributed by atoms with Gasteiger partial charge in [-0.15, -0.1) is 6.58 Å². The second kappa shape index (κ2) is 4.57. The SMILES string of the molecule is C=CC(C(=O)c1ccccc1)n1ccnc1. The largest absolute Gasteiger partial charge is 0.323 e. The molecule has 0 amide bonds. The number of allylic oxidation sites excluding steroid dienone is 1. The topological polar surface area (TPSA) is 34.9 Å². The number of ketones is 1. The molecule has 16 heavy (non-hydrogen) atoms.